The van der Waals surface area contributed by atoms with Gasteiger partial charge >= 0.3 is 0 Å². The van der Waals surface area contributed by atoms with Crippen molar-refractivity contribution in [2.45, 2.75) is 52.7 Å². The molecule has 0 aromatic carbocycles. The van der Waals surface area contributed by atoms with Gasteiger partial charge in [-0.1, -0.05) is 6.92 Å². The second kappa shape index (κ2) is 3.70. The second-order valence-electron chi connectivity index (χ2n) is 4.41. The van der Waals surface area contributed by atoms with Gasteiger partial charge in [-0.3, -0.25) is 0 Å². The van der Waals surface area contributed by atoms with Crippen LogP contribution < -0.4 is 0 Å². The number of rotatable bonds is 4. The average Bonchev–Trinajstić information content (AvgIpc) is 2.79. The van der Waals surface area contributed by atoms with Crippen LogP contribution in [0.4, 0.5) is 0 Å². The lowest BCUT2D eigenvalue weighted by Crippen LogP contribution is -2.24. The van der Waals surface area contributed by atoms with E-state index in [4.69, 9.17) is 4.74 Å². The van der Waals surface area contributed by atoms with E-state index in [1.165, 1.54) is 0 Å². The fraction of sp³-hybridized carbons (Fsp3) is 0.818. The number of hydrogen-bond acceptors (Lipinski definition) is 2. The quantitative estimate of drug-likeness (QED) is 0.680. The van der Waals surface area contributed by atoms with Gasteiger partial charge in [-0.25, -0.2) is 0 Å². The molecule has 2 nitrogen and oxygen atoms in total. The fourth-order valence-electron chi connectivity index (χ4n) is 1.38. The first-order chi connectivity index (χ1) is 5.99. The van der Waals surface area contributed by atoms with Gasteiger partial charge in [-0.05, 0) is 39.7 Å². The summed E-state index contributed by atoms with van der Waals surface area (Å²) in [5, 5.41) is 9.96. The first kappa shape index (κ1) is 10.6. The van der Waals surface area contributed by atoms with Crippen LogP contribution in [-0.4, -0.2) is 17.3 Å². The summed E-state index contributed by atoms with van der Waals surface area (Å²) < 4.78 is 5.54. The maximum absolute atomic E-state index is 9.96. The van der Waals surface area contributed by atoms with Crippen LogP contribution >= 0.6 is 0 Å². The molecule has 1 fully saturated rings. The van der Waals surface area contributed by atoms with Crippen molar-refractivity contribution >= 4 is 0 Å². The van der Waals surface area contributed by atoms with E-state index < -0.39 is 6.10 Å². The largest absolute Gasteiger partial charge is 0.493 e. The van der Waals surface area contributed by atoms with Crippen LogP contribution in [0.5, 0.6) is 0 Å². The van der Waals surface area contributed by atoms with Crippen LogP contribution in [0.25, 0.3) is 0 Å². The molecule has 1 rings (SSSR count). The van der Waals surface area contributed by atoms with E-state index in [0.717, 1.165) is 18.6 Å². The Morgan fingerprint density at radius 1 is 1.46 bits per heavy atom. The van der Waals surface area contributed by atoms with Crippen LogP contribution in [0, 0.1) is 5.41 Å². The van der Waals surface area contributed by atoms with Gasteiger partial charge in [0.1, 0.15) is 11.9 Å². The van der Waals surface area contributed by atoms with Gasteiger partial charge in [0.2, 0.25) is 0 Å². The zero-order valence-electron chi connectivity index (χ0n) is 9.00. The number of ether oxygens (including phenoxy) is 1. The molecule has 1 aliphatic carbocycles. The monoisotopic (exact) mass is 184 g/mol. The van der Waals surface area contributed by atoms with Crippen LogP contribution in [0.3, 0.4) is 0 Å². The molecule has 0 spiro atoms. The third-order valence-electron chi connectivity index (χ3n) is 2.62. The summed E-state index contributed by atoms with van der Waals surface area (Å²) in [6.45, 7) is 7.97. The molecule has 0 aromatic heterocycles. The van der Waals surface area contributed by atoms with E-state index >= 15 is 0 Å². The maximum Gasteiger partial charge on any atom is 0.121 e. The SMILES string of the molecule is C/C=C(\OC(C)C)C(O)C1(C)CC1. The van der Waals surface area contributed by atoms with E-state index in [9.17, 15) is 5.11 Å². The Hall–Kier alpha value is -0.500. The average molecular weight is 184 g/mol. The zero-order valence-corrected chi connectivity index (χ0v) is 9.00. The third kappa shape index (κ3) is 2.47. The summed E-state index contributed by atoms with van der Waals surface area (Å²) in [7, 11) is 0. The molecule has 0 bridgehead atoms. The Kier molecular flexibility index (Phi) is 3.01. The molecule has 0 aromatic rings. The molecule has 1 aliphatic rings. The predicted octanol–water partition coefficient (Wildman–Crippen LogP) is 2.48. The minimum atomic E-state index is -0.417. The first-order valence-corrected chi connectivity index (χ1v) is 5.00. The lowest BCUT2D eigenvalue weighted by Gasteiger charge is -2.23. The molecule has 1 atom stereocenters. The van der Waals surface area contributed by atoms with Gasteiger partial charge < -0.3 is 9.84 Å². The van der Waals surface area contributed by atoms with Crippen molar-refractivity contribution in [2.24, 2.45) is 5.41 Å². The van der Waals surface area contributed by atoms with E-state index in [-0.39, 0.29) is 11.5 Å². The van der Waals surface area contributed by atoms with Crippen molar-refractivity contribution in [1.29, 1.82) is 0 Å². The Bertz CT molecular complexity index is 202. The van der Waals surface area contributed by atoms with Crippen molar-refractivity contribution < 1.29 is 9.84 Å². The second-order valence-corrected chi connectivity index (χ2v) is 4.41. The Morgan fingerprint density at radius 3 is 2.31 bits per heavy atom. The highest BCUT2D eigenvalue weighted by Crippen LogP contribution is 2.50. The Balaban J connectivity index is 2.57. The molecule has 2 heteroatoms. The Labute approximate surface area is 80.6 Å². The molecule has 0 heterocycles. The van der Waals surface area contributed by atoms with Crippen LogP contribution in [-0.2, 0) is 4.74 Å². The molecule has 0 amide bonds. The van der Waals surface area contributed by atoms with Gasteiger partial charge in [0.15, 0.2) is 0 Å². The fourth-order valence-corrected chi connectivity index (χ4v) is 1.38. The molecular weight excluding hydrogens is 164 g/mol. The van der Waals surface area contributed by atoms with E-state index in [1.807, 2.05) is 26.8 Å². The summed E-state index contributed by atoms with van der Waals surface area (Å²) in [6, 6.07) is 0. The maximum atomic E-state index is 9.96. The van der Waals surface area contributed by atoms with E-state index in [2.05, 4.69) is 6.92 Å². The minimum Gasteiger partial charge on any atom is -0.493 e. The van der Waals surface area contributed by atoms with Gasteiger partial charge in [-0.2, -0.15) is 0 Å². The lowest BCUT2D eigenvalue weighted by atomic mass is 10.00. The van der Waals surface area contributed by atoms with Crippen molar-refractivity contribution in [2.75, 3.05) is 0 Å². The first-order valence-electron chi connectivity index (χ1n) is 5.00. The number of aliphatic hydroxyl groups is 1. The van der Waals surface area contributed by atoms with Crippen LogP contribution in [0.15, 0.2) is 11.8 Å². The van der Waals surface area contributed by atoms with Crippen molar-refractivity contribution in [3.05, 3.63) is 11.8 Å². The molecule has 0 aliphatic heterocycles. The molecule has 0 radical (unpaired) electrons. The highest BCUT2D eigenvalue weighted by molar-refractivity contribution is 5.10. The van der Waals surface area contributed by atoms with Crippen molar-refractivity contribution in [3.63, 3.8) is 0 Å². The summed E-state index contributed by atoms with van der Waals surface area (Å²) in [4.78, 5) is 0. The highest BCUT2D eigenvalue weighted by atomic mass is 16.5. The topological polar surface area (TPSA) is 29.5 Å². The Morgan fingerprint density at radius 2 is 2.00 bits per heavy atom. The van der Waals surface area contributed by atoms with Gasteiger partial charge in [0, 0.05) is 5.41 Å². The normalized spacial score (nSPS) is 23.1. The highest BCUT2D eigenvalue weighted by Gasteiger charge is 2.46. The number of aliphatic hydroxyl groups excluding tert-OH is 1. The summed E-state index contributed by atoms with van der Waals surface area (Å²) in [5.41, 5.74) is 0.0801. The molecule has 0 saturated heterocycles. The summed E-state index contributed by atoms with van der Waals surface area (Å²) in [5.74, 6) is 0.731. The summed E-state index contributed by atoms with van der Waals surface area (Å²) >= 11 is 0. The number of allylic oxidation sites excluding steroid dienone is 1. The van der Waals surface area contributed by atoms with Crippen molar-refractivity contribution in [1.82, 2.24) is 0 Å². The molecule has 76 valence electrons. The molecule has 1 unspecified atom stereocenters. The van der Waals surface area contributed by atoms with Crippen LogP contribution in [0.2, 0.25) is 0 Å². The molecule has 13 heavy (non-hydrogen) atoms. The van der Waals surface area contributed by atoms with Crippen molar-refractivity contribution in [3.8, 4) is 0 Å². The van der Waals surface area contributed by atoms with E-state index in [1.54, 1.807) is 0 Å². The smallest absolute Gasteiger partial charge is 0.121 e. The van der Waals surface area contributed by atoms with Gasteiger partial charge in [0.05, 0.1) is 6.10 Å². The van der Waals surface area contributed by atoms with Gasteiger partial charge in [-0.15, -0.1) is 0 Å². The van der Waals surface area contributed by atoms with Crippen LogP contribution in [0.1, 0.15) is 40.5 Å². The standard InChI is InChI=1S/C11H20O2/c1-5-9(13-8(2)3)10(12)11(4)6-7-11/h5,8,10,12H,6-7H2,1-4H3/b9-5-. The number of hydrogen-bond donors (Lipinski definition) is 1. The third-order valence-corrected chi connectivity index (χ3v) is 2.62. The predicted molar refractivity (Wildman–Crippen MR) is 53.3 cm³/mol. The van der Waals surface area contributed by atoms with Gasteiger partial charge in [0.25, 0.3) is 0 Å². The lowest BCUT2D eigenvalue weighted by molar-refractivity contribution is 0.0363. The molecule has 1 saturated carbocycles. The molecule has 1 N–H and O–H groups in total. The molecular formula is C11H20O2. The zero-order chi connectivity index (χ0) is 10.1. The minimum absolute atomic E-state index is 0.0801. The van der Waals surface area contributed by atoms with E-state index in [0.29, 0.717) is 0 Å². The summed E-state index contributed by atoms with van der Waals surface area (Å²) in [6.07, 6.45) is 3.80.